The maximum Gasteiger partial charge on any atom is 0.252 e. The summed E-state index contributed by atoms with van der Waals surface area (Å²) in [5, 5.41) is 2.83. The van der Waals surface area contributed by atoms with E-state index in [0.717, 1.165) is 38.2 Å². The smallest absolute Gasteiger partial charge is 0.252 e. The Labute approximate surface area is 131 Å². The molecule has 1 aliphatic heterocycles. The zero-order valence-electron chi connectivity index (χ0n) is 13.0. The third kappa shape index (κ3) is 4.44. The summed E-state index contributed by atoms with van der Waals surface area (Å²) in [5.41, 5.74) is 5.86. The molecule has 6 heteroatoms. The number of primary amides is 1. The number of amides is 2. The second kappa shape index (κ2) is 7.77. The number of aromatic nitrogens is 1. The van der Waals surface area contributed by atoms with Gasteiger partial charge in [-0.05, 0) is 37.3 Å². The average molecular weight is 304 g/mol. The predicted molar refractivity (Wildman–Crippen MR) is 85.6 cm³/mol. The normalized spacial score (nSPS) is 18.0. The summed E-state index contributed by atoms with van der Waals surface area (Å²) in [7, 11) is 0. The molecular weight excluding hydrogens is 280 g/mol. The summed E-state index contributed by atoms with van der Waals surface area (Å²) >= 11 is 0. The van der Waals surface area contributed by atoms with E-state index in [-0.39, 0.29) is 11.8 Å². The average Bonchev–Trinajstić information content (AvgIpc) is 2.52. The molecule has 0 aromatic carbocycles. The maximum atomic E-state index is 11.8. The second-order valence-electron chi connectivity index (χ2n) is 5.79. The predicted octanol–water partition coefficient (Wildman–Crippen LogP) is 1.31. The number of nitrogens with two attached hydrogens (primary N) is 1. The minimum absolute atomic E-state index is 0.0915. The van der Waals surface area contributed by atoms with Gasteiger partial charge in [-0.2, -0.15) is 0 Å². The first-order chi connectivity index (χ1) is 10.6. The SMILES string of the molecule is CCCNC(=O)c1ccc(N2CCCC(CC(N)=O)C2)nc1. The summed E-state index contributed by atoms with van der Waals surface area (Å²) in [6, 6.07) is 3.67. The Balaban J connectivity index is 1.97. The van der Waals surface area contributed by atoms with Crippen LogP contribution in [0.25, 0.3) is 0 Å². The number of hydrogen-bond acceptors (Lipinski definition) is 4. The number of nitrogens with zero attached hydrogens (tertiary/aromatic N) is 2. The molecule has 0 spiro atoms. The van der Waals surface area contributed by atoms with Crippen molar-refractivity contribution in [1.82, 2.24) is 10.3 Å². The van der Waals surface area contributed by atoms with Crippen molar-refractivity contribution < 1.29 is 9.59 Å². The van der Waals surface area contributed by atoms with E-state index in [1.54, 1.807) is 12.3 Å². The molecule has 1 saturated heterocycles. The summed E-state index contributed by atoms with van der Waals surface area (Å²) in [6.07, 6.45) is 4.99. The van der Waals surface area contributed by atoms with Crippen LogP contribution in [0.3, 0.4) is 0 Å². The van der Waals surface area contributed by atoms with Gasteiger partial charge in [0.05, 0.1) is 5.56 Å². The van der Waals surface area contributed by atoms with Gasteiger partial charge in [-0.1, -0.05) is 6.92 Å². The van der Waals surface area contributed by atoms with Crippen LogP contribution in [-0.4, -0.2) is 36.4 Å². The van der Waals surface area contributed by atoms with E-state index < -0.39 is 0 Å². The molecule has 6 nitrogen and oxygen atoms in total. The summed E-state index contributed by atoms with van der Waals surface area (Å²) in [5.74, 6) is 0.802. The third-order valence-corrected chi connectivity index (χ3v) is 3.88. The molecule has 0 bridgehead atoms. The first-order valence-corrected chi connectivity index (χ1v) is 7.87. The van der Waals surface area contributed by atoms with Gasteiger partial charge < -0.3 is 16.0 Å². The van der Waals surface area contributed by atoms with Gasteiger partial charge in [0.25, 0.3) is 5.91 Å². The number of hydrogen-bond donors (Lipinski definition) is 2. The molecule has 1 unspecified atom stereocenters. The number of nitrogens with one attached hydrogen (secondary N) is 1. The molecule has 1 aromatic rings. The second-order valence-corrected chi connectivity index (χ2v) is 5.79. The van der Waals surface area contributed by atoms with Crippen molar-refractivity contribution in [2.24, 2.45) is 11.7 Å². The molecule has 1 atom stereocenters. The molecule has 0 saturated carbocycles. The van der Waals surface area contributed by atoms with Crippen LogP contribution in [0.2, 0.25) is 0 Å². The van der Waals surface area contributed by atoms with E-state index in [1.807, 2.05) is 13.0 Å². The van der Waals surface area contributed by atoms with Crippen molar-refractivity contribution in [2.75, 3.05) is 24.5 Å². The highest BCUT2D eigenvalue weighted by Crippen LogP contribution is 2.23. The maximum absolute atomic E-state index is 11.8. The fourth-order valence-corrected chi connectivity index (χ4v) is 2.77. The van der Waals surface area contributed by atoms with Crippen molar-refractivity contribution in [1.29, 1.82) is 0 Å². The van der Waals surface area contributed by atoms with E-state index in [0.29, 0.717) is 24.4 Å². The van der Waals surface area contributed by atoms with Crippen LogP contribution in [0, 0.1) is 5.92 Å². The number of carbonyl (C=O) groups is 2. The number of rotatable bonds is 6. The summed E-state index contributed by atoms with van der Waals surface area (Å²) in [4.78, 5) is 29.5. The standard InChI is InChI=1S/C16H24N4O2/c1-2-7-18-16(22)13-5-6-15(19-10-13)20-8-3-4-12(11-20)9-14(17)21/h5-6,10,12H,2-4,7-9,11H2,1H3,(H2,17,21)(H,18,22). The Kier molecular flexibility index (Phi) is 5.75. The molecule has 0 aliphatic carbocycles. The lowest BCUT2D eigenvalue weighted by Crippen LogP contribution is -2.37. The minimum Gasteiger partial charge on any atom is -0.370 e. The monoisotopic (exact) mass is 304 g/mol. The first-order valence-electron chi connectivity index (χ1n) is 7.87. The first kappa shape index (κ1) is 16.3. The highest BCUT2D eigenvalue weighted by molar-refractivity contribution is 5.94. The van der Waals surface area contributed by atoms with Gasteiger partial charge in [0.2, 0.25) is 5.91 Å². The van der Waals surface area contributed by atoms with Crippen LogP contribution < -0.4 is 16.0 Å². The van der Waals surface area contributed by atoms with Gasteiger partial charge in [-0.3, -0.25) is 9.59 Å². The molecule has 2 amide bonds. The van der Waals surface area contributed by atoms with E-state index in [1.165, 1.54) is 0 Å². The van der Waals surface area contributed by atoms with Crippen LogP contribution >= 0.6 is 0 Å². The zero-order valence-corrected chi connectivity index (χ0v) is 13.0. The van der Waals surface area contributed by atoms with Gasteiger partial charge in [-0.15, -0.1) is 0 Å². The van der Waals surface area contributed by atoms with Crippen molar-refractivity contribution in [3.8, 4) is 0 Å². The van der Waals surface area contributed by atoms with Gasteiger partial charge in [-0.25, -0.2) is 4.98 Å². The largest absolute Gasteiger partial charge is 0.370 e. The molecule has 2 heterocycles. The number of carbonyl (C=O) groups excluding carboxylic acids is 2. The Morgan fingerprint density at radius 3 is 2.91 bits per heavy atom. The molecule has 2 rings (SSSR count). The van der Waals surface area contributed by atoms with Crippen molar-refractivity contribution in [3.63, 3.8) is 0 Å². The molecule has 120 valence electrons. The Hall–Kier alpha value is -2.11. The summed E-state index contributed by atoms with van der Waals surface area (Å²) in [6.45, 7) is 4.39. The quantitative estimate of drug-likeness (QED) is 0.829. The molecule has 0 radical (unpaired) electrons. The van der Waals surface area contributed by atoms with Gasteiger partial charge in [0.15, 0.2) is 0 Å². The van der Waals surface area contributed by atoms with Crippen LogP contribution in [0.1, 0.15) is 43.0 Å². The van der Waals surface area contributed by atoms with Gasteiger partial charge in [0.1, 0.15) is 5.82 Å². The van der Waals surface area contributed by atoms with E-state index >= 15 is 0 Å². The molecule has 1 fully saturated rings. The minimum atomic E-state index is -0.247. The van der Waals surface area contributed by atoms with Crippen LogP contribution in [0.5, 0.6) is 0 Å². The molecule has 1 aromatic heterocycles. The van der Waals surface area contributed by atoms with Crippen molar-refractivity contribution in [3.05, 3.63) is 23.9 Å². The van der Waals surface area contributed by atoms with Crippen molar-refractivity contribution >= 4 is 17.6 Å². The number of anilines is 1. The molecule has 22 heavy (non-hydrogen) atoms. The zero-order chi connectivity index (χ0) is 15.9. The molecule has 3 N–H and O–H groups in total. The van der Waals surface area contributed by atoms with E-state index in [9.17, 15) is 9.59 Å². The lowest BCUT2D eigenvalue weighted by atomic mass is 9.94. The molecule has 1 aliphatic rings. The number of pyridine rings is 1. The van der Waals surface area contributed by atoms with E-state index in [2.05, 4.69) is 15.2 Å². The third-order valence-electron chi connectivity index (χ3n) is 3.88. The van der Waals surface area contributed by atoms with E-state index in [4.69, 9.17) is 5.73 Å². The highest BCUT2D eigenvalue weighted by atomic mass is 16.2. The Bertz CT molecular complexity index is 515. The highest BCUT2D eigenvalue weighted by Gasteiger charge is 2.22. The van der Waals surface area contributed by atoms with Crippen molar-refractivity contribution in [2.45, 2.75) is 32.6 Å². The number of piperidine rings is 1. The fraction of sp³-hybridized carbons (Fsp3) is 0.562. The van der Waals surface area contributed by atoms with Crippen LogP contribution in [0.4, 0.5) is 5.82 Å². The summed E-state index contributed by atoms with van der Waals surface area (Å²) < 4.78 is 0. The fourth-order valence-electron chi connectivity index (χ4n) is 2.77. The Morgan fingerprint density at radius 2 is 2.27 bits per heavy atom. The lowest BCUT2D eigenvalue weighted by Gasteiger charge is -2.33. The Morgan fingerprint density at radius 1 is 1.45 bits per heavy atom. The van der Waals surface area contributed by atoms with Crippen LogP contribution in [0.15, 0.2) is 18.3 Å². The van der Waals surface area contributed by atoms with Gasteiger partial charge in [0, 0.05) is 32.3 Å². The van der Waals surface area contributed by atoms with Gasteiger partial charge >= 0.3 is 0 Å². The lowest BCUT2D eigenvalue weighted by molar-refractivity contribution is -0.118. The molecular formula is C16H24N4O2. The van der Waals surface area contributed by atoms with Crippen LogP contribution in [-0.2, 0) is 4.79 Å². The topological polar surface area (TPSA) is 88.3 Å².